The second-order valence-electron chi connectivity index (χ2n) is 4.20. The van der Waals surface area contributed by atoms with Crippen molar-refractivity contribution in [2.75, 3.05) is 24.3 Å². The van der Waals surface area contributed by atoms with E-state index in [0.717, 1.165) is 0 Å². The zero-order chi connectivity index (χ0) is 12.8. The number of nitrogens with zero attached hydrogens (tertiary/aromatic N) is 1. The highest BCUT2D eigenvalue weighted by molar-refractivity contribution is 5.53. The summed E-state index contributed by atoms with van der Waals surface area (Å²) in [4.78, 5) is 4.26. The lowest BCUT2D eigenvalue weighted by Crippen LogP contribution is -2.29. The van der Waals surface area contributed by atoms with E-state index in [4.69, 9.17) is 10.5 Å². The number of ether oxygens (including phenoxy) is 1. The molecule has 0 radical (unpaired) electrons. The normalized spacial score (nSPS) is 12.5. The highest BCUT2D eigenvalue weighted by Gasteiger charge is 2.13. The lowest BCUT2D eigenvalue weighted by atomic mass is 10.1. The van der Waals surface area contributed by atoms with Gasteiger partial charge in [0, 0.05) is 0 Å². The molecule has 1 unspecified atom stereocenters. The lowest BCUT2D eigenvalue weighted by Gasteiger charge is -2.21. The first-order valence-corrected chi connectivity index (χ1v) is 5.85. The van der Waals surface area contributed by atoms with E-state index in [1.54, 1.807) is 12.1 Å². The van der Waals surface area contributed by atoms with Gasteiger partial charge < -0.3 is 20.9 Å². The van der Waals surface area contributed by atoms with Crippen LogP contribution in [0.1, 0.15) is 20.8 Å². The van der Waals surface area contributed by atoms with Crippen molar-refractivity contribution in [3.05, 3.63) is 12.1 Å². The summed E-state index contributed by atoms with van der Waals surface area (Å²) in [5.41, 5.74) is 6.25. The van der Waals surface area contributed by atoms with Crippen LogP contribution in [-0.4, -0.2) is 29.3 Å². The van der Waals surface area contributed by atoms with Crippen LogP contribution in [0.5, 0.6) is 5.88 Å². The van der Waals surface area contributed by atoms with Crippen LogP contribution in [-0.2, 0) is 0 Å². The van der Waals surface area contributed by atoms with Crippen LogP contribution >= 0.6 is 0 Å². The van der Waals surface area contributed by atoms with E-state index in [1.165, 1.54) is 0 Å². The highest BCUT2D eigenvalue weighted by Crippen LogP contribution is 2.21. The zero-order valence-electron chi connectivity index (χ0n) is 10.6. The van der Waals surface area contributed by atoms with Crippen LogP contribution in [0.4, 0.5) is 11.5 Å². The van der Waals surface area contributed by atoms with Crippen LogP contribution in [0.15, 0.2) is 12.1 Å². The van der Waals surface area contributed by atoms with Crippen molar-refractivity contribution in [3.63, 3.8) is 0 Å². The van der Waals surface area contributed by atoms with Crippen LogP contribution in [0.25, 0.3) is 0 Å². The third-order valence-corrected chi connectivity index (χ3v) is 2.51. The van der Waals surface area contributed by atoms with Crippen LogP contribution in [0, 0.1) is 5.92 Å². The number of aromatic nitrogens is 1. The number of hydrogen-bond donors (Lipinski definition) is 3. The number of hydrogen-bond acceptors (Lipinski definition) is 5. The van der Waals surface area contributed by atoms with E-state index in [-0.39, 0.29) is 12.6 Å². The molecular formula is C12H21N3O2. The predicted molar refractivity (Wildman–Crippen MR) is 69.2 cm³/mol. The molecule has 96 valence electrons. The van der Waals surface area contributed by atoms with E-state index in [1.807, 2.05) is 20.8 Å². The molecule has 0 aliphatic carbocycles. The summed E-state index contributed by atoms with van der Waals surface area (Å²) in [6.07, 6.45) is 0. The zero-order valence-corrected chi connectivity index (χ0v) is 10.6. The molecule has 1 aromatic rings. The number of pyridine rings is 1. The Morgan fingerprint density at radius 2 is 2.18 bits per heavy atom. The Morgan fingerprint density at radius 1 is 1.47 bits per heavy atom. The minimum absolute atomic E-state index is 0.0272. The molecule has 0 saturated heterocycles. The summed E-state index contributed by atoms with van der Waals surface area (Å²) in [5, 5.41) is 12.4. The molecule has 17 heavy (non-hydrogen) atoms. The van der Waals surface area contributed by atoms with Crippen molar-refractivity contribution >= 4 is 11.5 Å². The van der Waals surface area contributed by atoms with Gasteiger partial charge in [0.05, 0.1) is 24.9 Å². The van der Waals surface area contributed by atoms with Crippen molar-refractivity contribution in [1.82, 2.24) is 4.98 Å². The highest BCUT2D eigenvalue weighted by atomic mass is 16.5. The van der Waals surface area contributed by atoms with E-state index < -0.39 is 0 Å². The number of aliphatic hydroxyl groups is 1. The van der Waals surface area contributed by atoms with Gasteiger partial charge in [-0.15, -0.1) is 0 Å². The first-order valence-electron chi connectivity index (χ1n) is 5.85. The molecule has 0 fully saturated rings. The Balaban J connectivity index is 2.80. The number of nitrogens with two attached hydrogens (primary N) is 1. The van der Waals surface area contributed by atoms with Gasteiger partial charge in [-0.1, -0.05) is 13.8 Å². The summed E-state index contributed by atoms with van der Waals surface area (Å²) in [6, 6.07) is 3.50. The first kappa shape index (κ1) is 13.6. The molecule has 0 aromatic carbocycles. The molecule has 0 aliphatic rings. The molecule has 0 amide bonds. The summed E-state index contributed by atoms with van der Waals surface area (Å²) in [7, 11) is 0. The van der Waals surface area contributed by atoms with E-state index in [9.17, 15) is 5.11 Å². The second-order valence-corrected chi connectivity index (χ2v) is 4.20. The monoisotopic (exact) mass is 239 g/mol. The molecule has 1 rings (SSSR count). The van der Waals surface area contributed by atoms with Crippen molar-refractivity contribution in [3.8, 4) is 5.88 Å². The minimum atomic E-state index is -0.0272. The standard InChI is InChI=1S/C12H21N3O2/c1-4-17-12-9(13)5-6-11(15-12)14-10(7-16)8(2)3/h5-6,8,10,16H,4,7,13H2,1-3H3,(H,14,15). The fraction of sp³-hybridized carbons (Fsp3) is 0.583. The second kappa shape index (κ2) is 6.30. The van der Waals surface area contributed by atoms with Crippen LogP contribution in [0.3, 0.4) is 0 Å². The molecule has 5 heteroatoms. The van der Waals surface area contributed by atoms with Gasteiger partial charge in [0.25, 0.3) is 0 Å². The molecule has 0 saturated carbocycles. The smallest absolute Gasteiger partial charge is 0.239 e. The average molecular weight is 239 g/mol. The van der Waals surface area contributed by atoms with Crippen molar-refractivity contribution in [2.24, 2.45) is 5.92 Å². The van der Waals surface area contributed by atoms with Gasteiger partial charge in [-0.25, -0.2) is 0 Å². The number of nitrogens with one attached hydrogen (secondary N) is 1. The van der Waals surface area contributed by atoms with Crippen molar-refractivity contribution in [2.45, 2.75) is 26.8 Å². The molecule has 1 atom stereocenters. The molecule has 1 aromatic heterocycles. The maximum Gasteiger partial charge on any atom is 0.239 e. The largest absolute Gasteiger partial charge is 0.476 e. The number of rotatable bonds is 6. The molecule has 4 N–H and O–H groups in total. The number of aliphatic hydroxyl groups excluding tert-OH is 1. The Morgan fingerprint density at radius 3 is 2.71 bits per heavy atom. The van der Waals surface area contributed by atoms with Crippen LogP contribution < -0.4 is 15.8 Å². The van der Waals surface area contributed by atoms with Crippen molar-refractivity contribution < 1.29 is 9.84 Å². The number of nitrogen functional groups attached to an aromatic ring is 1. The van der Waals surface area contributed by atoms with Gasteiger partial charge in [-0.05, 0) is 25.0 Å². The predicted octanol–water partition coefficient (Wildman–Crippen LogP) is 1.49. The van der Waals surface area contributed by atoms with Gasteiger partial charge in [0.2, 0.25) is 5.88 Å². The Bertz CT molecular complexity index is 356. The fourth-order valence-corrected chi connectivity index (χ4v) is 1.40. The molecule has 0 bridgehead atoms. The maximum atomic E-state index is 9.24. The molecule has 1 heterocycles. The fourth-order valence-electron chi connectivity index (χ4n) is 1.40. The molecule has 0 spiro atoms. The van der Waals surface area contributed by atoms with Gasteiger partial charge >= 0.3 is 0 Å². The van der Waals surface area contributed by atoms with Gasteiger partial charge in [-0.2, -0.15) is 4.98 Å². The molecule has 5 nitrogen and oxygen atoms in total. The Labute approximate surface area is 102 Å². The first-order chi connectivity index (χ1) is 8.08. The van der Waals surface area contributed by atoms with Crippen LogP contribution in [0.2, 0.25) is 0 Å². The SMILES string of the molecule is CCOc1nc(NC(CO)C(C)C)ccc1N. The Hall–Kier alpha value is -1.49. The van der Waals surface area contributed by atoms with E-state index in [0.29, 0.717) is 29.9 Å². The lowest BCUT2D eigenvalue weighted by molar-refractivity contribution is 0.249. The van der Waals surface area contributed by atoms with Gasteiger partial charge in [0.15, 0.2) is 0 Å². The van der Waals surface area contributed by atoms with Gasteiger partial charge in [0.1, 0.15) is 5.82 Å². The van der Waals surface area contributed by atoms with Gasteiger partial charge in [-0.3, -0.25) is 0 Å². The Kier molecular flexibility index (Phi) is 5.03. The summed E-state index contributed by atoms with van der Waals surface area (Å²) in [6.45, 7) is 6.54. The van der Waals surface area contributed by atoms with Crippen molar-refractivity contribution in [1.29, 1.82) is 0 Å². The van der Waals surface area contributed by atoms with E-state index >= 15 is 0 Å². The molecule has 0 aliphatic heterocycles. The quantitative estimate of drug-likeness (QED) is 0.701. The molecular weight excluding hydrogens is 218 g/mol. The third kappa shape index (κ3) is 3.78. The summed E-state index contributed by atoms with van der Waals surface area (Å²) >= 11 is 0. The maximum absolute atomic E-state index is 9.24. The summed E-state index contributed by atoms with van der Waals surface area (Å²) < 4.78 is 5.31. The average Bonchev–Trinajstić information content (AvgIpc) is 2.30. The topological polar surface area (TPSA) is 80.4 Å². The van der Waals surface area contributed by atoms with E-state index in [2.05, 4.69) is 10.3 Å². The third-order valence-electron chi connectivity index (χ3n) is 2.51. The summed E-state index contributed by atoms with van der Waals surface area (Å²) in [5.74, 6) is 1.41. The minimum Gasteiger partial charge on any atom is -0.476 e. The number of anilines is 2.